The molecule has 2 aliphatic rings. The first-order chi connectivity index (χ1) is 7.88. The van der Waals surface area contributed by atoms with E-state index in [9.17, 15) is 0 Å². The molecule has 2 aliphatic heterocycles. The Bertz CT molecular complexity index is 184. The Balaban J connectivity index is 1.57. The summed E-state index contributed by atoms with van der Waals surface area (Å²) in [6, 6.07) is 0.802. The van der Waals surface area contributed by atoms with E-state index in [2.05, 4.69) is 10.2 Å². The number of ether oxygens (including phenoxy) is 1. The Morgan fingerprint density at radius 2 is 2.06 bits per heavy atom. The number of methoxy groups -OCH3 is 1. The third-order valence-corrected chi connectivity index (χ3v) is 4.07. The van der Waals surface area contributed by atoms with Crippen molar-refractivity contribution in [2.45, 2.75) is 38.1 Å². The van der Waals surface area contributed by atoms with E-state index < -0.39 is 0 Å². The van der Waals surface area contributed by atoms with Gasteiger partial charge in [-0.3, -0.25) is 0 Å². The third kappa shape index (κ3) is 3.72. The summed E-state index contributed by atoms with van der Waals surface area (Å²) < 4.78 is 5.23. The zero-order valence-electron chi connectivity index (χ0n) is 10.6. The van der Waals surface area contributed by atoms with Crippen LogP contribution in [0.4, 0.5) is 0 Å². The monoisotopic (exact) mass is 226 g/mol. The molecule has 94 valence electrons. The van der Waals surface area contributed by atoms with E-state index in [1.807, 2.05) is 7.11 Å². The van der Waals surface area contributed by atoms with Gasteiger partial charge in [-0.15, -0.1) is 0 Å². The van der Waals surface area contributed by atoms with Gasteiger partial charge in [0.1, 0.15) is 0 Å². The normalized spacial score (nSPS) is 28.7. The summed E-state index contributed by atoms with van der Waals surface area (Å²) in [5, 5.41) is 3.58. The predicted octanol–water partition coefficient (Wildman–Crippen LogP) is 1.49. The molecule has 0 saturated carbocycles. The van der Waals surface area contributed by atoms with Crippen LogP contribution in [0.1, 0.15) is 32.1 Å². The molecule has 2 rings (SSSR count). The first-order valence-electron chi connectivity index (χ1n) is 6.83. The molecular formula is C13H26N2O. The Morgan fingerprint density at radius 1 is 1.25 bits per heavy atom. The molecule has 2 fully saturated rings. The van der Waals surface area contributed by atoms with Crippen LogP contribution in [0.25, 0.3) is 0 Å². The molecule has 0 radical (unpaired) electrons. The Morgan fingerprint density at radius 3 is 2.69 bits per heavy atom. The average molecular weight is 226 g/mol. The quantitative estimate of drug-likeness (QED) is 0.768. The fourth-order valence-corrected chi connectivity index (χ4v) is 2.95. The van der Waals surface area contributed by atoms with E-state index in [0.717, 1.165) is 18.6 Å². The van der Waals surface area contributed by atoms with Crippen molar-refractivity contribution in [3.63, 3.8) is 0 Å². The highest BCUT2D eigenvalue weighted by molar-refractivity contribution is 4.77. The first-order valence-corrected chi connectivity index (χ1v) is 6.83. The molecule has 16 heavy (non-hydrogen) atoms. The summed E-state index contributed by atoms with van der Waals surface area (Å²) >= 11 is 0. The molecule has 2 heterocycles. The molecule has 0 aromatic heterocycles. The lowest BCUT2D eigenvalue weighted by Gasteiger charge is -2.32. The van der Waals surface area contributed by atoms with Gasteiger partial charge in [0.2, 0.25) is 0 Å². The molecule has 2 saturated heterocycles. The largest absolute Gasteiger partial charge is 0.384 e. The van der Waals surface area contributed by atoms with Crippen molar-refractivity contribution in [1.29, 1.82) is 0 Å². The van der Waals surface area contributed by atoms with Gasteiger partial charge < -0.3 is 15.0 Å². The van der Waals surface area contributed by atoms with Crippen molar-refractivity contribution in [3.05, 3.63) is 0 Å². The number of hydrogen-bond acceptors (Lipinski definition) is 3. The smallest absolute Gasteiger partial charge is 0.0491 e. The van der Waals surface area contributed by atoms with E-state index in [0.29, 0.717) is 0 Å². The number of piperidine rings is 1. The van der Waals surface area contributed by atoms with Crippen molar-refractivity contribution in [2.75, 3.05) is 39.9 Å². The van der Waals surface area contributed by atoms with Gasteiger partial charge in [0, 0.05) is 19.8 Å². The molecule has 0 amide bonds. The first kappa shape index (κ1) is 12.3. The minimum absolute atomic E-state index is 0.802. The zero-order valence-corrected chi connectivity index (χ0v) is 10.6. The van der Waals surface area contributed by atoms with Crippen molar-refractivity contribution in [2.24, 2.45) is 5.92 Å². The van der Waals surface area contributed by atoms with Gasteiger partial charge in [-0.25, -0.2) is 0 Å². The second kappa shape index (κ2) is 6.58. The van der Waals surface area contributed by atoms with Gasteiger partial charge in [-0.1, -0.05) is 0 Å². The minimum Gasteiger partial charge on any atom is -0.384 e. The van der Waals surface area contributed by atoms with E-state index in [1.165, 1.54) is 58.3 Å². The van der Waals surface area contributed by atoms with Gasteiger partial charge in [-0.05, 0) is 64.2 Å². The average Bonchev–Trinajstić information content (AvgIpc) is 2.82. The topological polar surface area (TPSA) is 24.5 Å². The number of rotatable bonds is 5. The van der Waals surface area contributed by atoms with E-state index in [4.69, 9.17) is 4.74 Å². The molecule has 3 nitrogen and oxygen atoms in total. The fraction of sp³-hybridized carbons (Fsp3) is 1.00. The lowest BCUT2D eigenvalue weighted by Crippen LogP contribution is -2.37. The molecule has 1 N–H and O–H groups in total. The standard InChI is InChI=1S/C13H26N2O/c1-16-11-12-4-8-15(9-5-12)10-6-13-3-2-7-14-13/h12-14H,2-11H2,1H3. The summed E-state index contributed by atoms with van der Waals surface area (Å²) in [7, 11) is 1.82. The molecule has 0 aromatic rings. The Hall–Kier alpha value is -0.120. The minimum atomic E-state index is 0.802. The molecule has 0 spiro atoms. The van der Waals surface area contributed by atoms with E-state index >= 15 is 0 Å². The van der Waals surface area contributed by atoms with Crippen LogP contribution in [-0.4, -0.2) is 50.8 Å². The molecule has 1 atom stereocenters. The SMILES string of the molecule is COCC1CCN(CCC2CCCN2)CC1. The molecule has 1 unspecified atom stereocenters. The summed E-state index contributed by atoms with van der Waals surface area (Å²) in [5.41, 5.74) is 0. The maximum atomic E-state index is 5.23. The molecule has 0 aliphatic carbocycles. The van der Waals surface area contributed by atoms with Crippen LogP contribution in [0, 0.1) is 5.92 Å². The number of nitrogens with zero attached hydrogens (tertiary/aromatic N) is 1. The van der Waals surface area contributed by atoms with Gasteiger partial charge >= 0.3 is 0 Å². The van der Waals surface area contributed by atoms with Crippen LogP contribution in [-0.2, 0) is 4.74 Å². The van der Waals surface area contributed by atoms with Gasteiger partial charge in [0.05, 0.1) is 0 Å². The second-order valence-corrected chi connectivity index (χ2v) is 5.32. The van der Waals surface area contributed by atoms with Gasteiger partial charge in [0.25, 0.3) is 0 Å². The Labute approximate surface area is 99.5 Å². The van der Waals surface area contributed by atoms with Crippen molar-refractivity contribution in [3.8, 4) is 0 Å². The van der Waals surface area contributed by atoms with Crippen LogP contribution in [0.2, 0.25) is 0 Å². The highest BCUT2D eigenvalue weighted by atomic mass is 16.5. The summed E-state index contributed by atoms with van der Waals surface area (Å²) in [6.45, 7) is 6.04. The van der Waals surface area contributed by atoms with E-state index in [-0.39, 0.29) is 0 Å². The van der Waals surface area contributed by atoms with E-state index in [1.54, 1.807) is 0 Å². The summed E-state index contributed by atoms with van der Waals surface area (Å²) in [4.78, 5) is 2.63. The second-order valence-electron chi connectivity index (χ2n) is 5.32. The maximum absolute atomic E-state index is 5.23. The van der Waals surface area contributed by atoms with Crippen LogP contribution in [0.15, 0.2) is 0 Å². The molecule has 3 heteroatoms. The summed E-state index contributed by atoms with van der Waals surface area (Å²) in [5.74, 6) is 0.811. The van der Waals surface area contributed by atoms with Gasteiger partial charge in [-0.2, -0.15) is 0 Å². The Kier molecular flexibility index (Phi) is 5.07. The molecule has 0 bridgehead atoms. The van der Waals surface area contributed by atoms with Crippen molar-refractivity contribution < 1.29 is 4.74 Å². The van der Waals surface area contributed by atoms with Crippen LogP contribution in [0.5, 0.6) is 0 Å². The highest BCUT2D eigenvalue weighted by Crippen LogP contribution is 2.18. The van der Waals surface area contributed by atoms with Crippen molar-refractivity contribution in [1.82, 2.24) is 10.2 Å². The van der Waals surface area contributed by atoms with Crippen LogP contribution < -0.4 is 5.32 Å². The molecule has 0 aromatic carbocycles. The maximum Gasteiger partial charge on any atom is 0.0491 e. The number of nitrogens with one attached hydrogen (secondary N) is 1. The van der Waals surface area contributed by atoms with Crippen molar-refractivity contribution >= 4 is 0 Å². The summed E-state index contributed by atoms with van der Waals surface area (Å²) in [6.07, 6.45) is 6.76. The molecular weight excluding hydrogens is 200 g/mol. The number of likely N-dealkylation sites (tertiary alicyclic amines) is 1. The highest BCUT2D eigenvalue weighted by Gasteiger charge is 2.20. The van der Waals surface area contributed by atoms with Gasteiger partial charge in [0.15, 0.2) is 0 Å². The zero-order chi connectivity index (χ0) is 11.2. The predicted molar refractivity (Wildman–Crippen MR) is 66.7 cm³/mol. The van der Waals surface area contributed by atoms with Crippen LogP contribution in [0.3, 0.4) is 0 Å². The lowest BCUT2D eigenvalue weighted by atomic mass is 9.97. The lowest BCUT2D eigenvalue weighted by molar-refractivity contribution is 0.0980. The van der Waals surface area contributed by atoms with Crippen LogP contribution >= 0.6 is 0 Å². The number of hydrogen-bond donors (Lipinski definition) is 1. The third-order valence-electron chi connectivity index (χ3n) is 4.07. The fourth-order valence-electron chi connectivity index (χ4n) is 2.95.